The van der Waals surface area contributed by atoms with Crippen molar-refractivity contribution in [3.05, 3.63) is 77.9 Å². The summed E-state index contributed by atoms with van der Waals surface area (Å²) in [6, 6.07) is 21.9. The SMILES string of the molecule is Cl.Cl.O=C(Nc1ccc2n[nH]nc2c1)c1ccc(-c2ccccc2)c(CN2CCCCC2)c1. The molecule has 1 aliphatic rings. The van der Waals surface area contributed by atoms with Crippen molar-refractivity contribution in [3.63, 3.8) is 0 Å². The Balaban J connectivity index is 0.00000153. The Hall–Kier alpha value is -2.93. The van der Waals surface area contributed by atoms with E-state index in [0.717, 1.165) is 30.7 Å². The number of carbonyl (C=O) groups is 1. The van der Waals surface area contributed by atoms with Crippen molar-refractivity contribution in [2.45, 2.75) is 25.8 Å². The molecule has 1 aromatic heterocycles. The summed E-state index contributed by atoms with van der Waals surface area (Å²) in [5, 5.41) is 13.7. The van der Waals surface area contributed by atoms with Crippen LogP contribution in [0.25, 0.3) is 22.2 Å². The number of benzene rings is 3. The van der Waals surface area contributed by atoms with Crippen LogP contribution in [0.2, 0.25) is 0 Å². The quantitative estimate of drug-likeness (QED) is 0.381. The number of aromatic amines is 1. The number of nitrogens with one attached hydrogen (secondary N) is 2. The van der Waals surface area contributed by atoms with Gasteiger partial charge < -0.3 is 5.32 Å². The maximum atomic E-state index is 13.0. The first-order valence-corrected chi connectivity index (χ1v) is 10.8. The van der Waals surface area contributed by atoms with Crippen molar-refractivity contribution < 1.29 is 4.79 Å². The van der Waals surface area contributed by atoms with E-state index >= 15 is 0 Å². The minimum atomic E-state index is -0.123. The van der Waals surface area contributed by atoms with Gasteiger partial charge in [0.05, 0.1) is 0 Å². The molecule has 1 fully saturated rings. The van der Waals surface area contributed by atoms with Crippen LogP contribution in [0.4, 0.5) is 5.69 Å². The molecule has 0 spiro atoms. The third-order valence-electron chi connectivity index (χ3n) is 5.87. The highest BCUT2D eigenvalue weighted by atomic mass is 35.5. The van der Waals surface area contributed by atoms with Crippen LogP contribution in [-0.2, 0) is 6.54 Å². The summed E-state index contributed by atoms with van der Waals surface area (Å²) in [6.45, 7) is 3.08. The summed E-state index contributed by atoms with van der Waals surface area (Å²) < 4.78 is 0. The van der Waals surface area contributed by atoms with Gasteiger partial charge in [-0.3, -0.25) is 9.69 Å². The summed E-state index contributed by atoms with van der Waals surface area (Å²) >= 11 is 0. The molecule has 0 bridgehead atoms. The number of carbonyl (C=O) groups excluding carboxylic acids is 1. The van der Waals surface area contributed by atoms with Crippen LogP contribution in [-0.4, -0.2) is 39.3 Å². The molecule has 1 amide bonds. The van der Waals surface area contributed by atoms with E-state index in [9.17, 15) is 4.79 Å². The van der Waals surface area contributed by atoms with Gasteiger partial charge in [0.15, 0.2) is 0 Å². The number of hydrogen-bond donors (Lipinski definition) is 2. The van der Waals surface area contributed by atoms with Gasteiger partial charge in [0.25, 0.3) is 5.91 Å². The minimum Gasteiger partial charge on any atom is -0.322 e. The number of anilines is 1. The van der Waals surface area contributed by atoms with Crippen molar-refractivity contribution in [3.8, 4) is 11.1 Å². The Bertz CT molecular complexity index is 1210. The molecule has 3 aromatic carbocycles. The molecular weight excluding hydrogens is 457 g/mol. The van der Waals surface area contributed by atoms with E-state index in [1.807, 2.05) is 36.4 Å². The van der Waals surface area contributed by atoms with Crippen molar-refractivity contribution in [1.82, 2.24) is 20.3 Å². The van der Waals surface area contributed by atoms with Crippen molar-refractivity contribution >= 4 is 47.4 Å². The van der Waals surface area contributed by atoms with Gasteiger partial charge in [0.2, 0.25) is 0 Å². The number of H-pyrrole nitrogens is 1. The van der Waals surface area contributed by atoms with Crippen LogP contribution >= 0.6 is 24.8 Å². The second kappa shape index (κ2) is 11.3. The zero-order chi connectivity index (χ0) is 21.0. The molecule has 0 saturated carbocycles. The lowest BCUT2D eigenvalue weighted by atomic mass is 9.96. The molecule has 172 valence electrons. The van der Waals surface area contributed by atoms with Crippen LogP contribution in [0, 0.1) is 0 Å². The average Bonchev–Trinajstić information content (AvgIpc) is 3.28. The molecule has 1 aliphatic heterocycles. The highest BCUT2D eigenvalue weighted by Gasteiger charge is 2.16. The van der Waals surface area contributed by atoms with E-state index in [0.29, 0.717) is 11.3 Å². The number of aromatic nitrogens is 3. The fourth-order valence-electron chi connectivity index (χ4n) is 4.24. The van der Waals surface area contributed by atoms with Crippen molar-refractivity contribution in [1.29, 1.82) is 0 Å². The molecule has 0 unspecified atom stereocenters. The van der Waals surface area contributed by atoms with Gasteiger partial charge in [-0.05, 0) is 73.0 Å². The first-order valence-electron chi connectivity index (χ1n) is 10.8. The number of piperidine rings is 1. The number of nitrogens with zero attached hydrogens (tertiary/aromatic N) is 3. The van der Waals surface area contributed by atoms with E-state index in [4.69, 9.17) is 0 Å². The lowest BCUT2D eigenvalue weighted by molar-refractivity contribution is 0.102. The molecule has 0 atom stereocenters. The van der Waals surface area contributed by atoms with E-state index in [2.05, 4.69) is 56.0 Å². The predicted molar refractivity (Wildman–Crippen MR) is 137 cm³/mol. The first kappa shape index (κ1) is 24.7. The summed E-state index contributed by atoms with van der Waals surface area (Å²) in [7, 11) is 0. The number of fused-ring (bicyclic) bond motifs is 1. The Morgan fingerprint density at radius 2 is 1.64 bits per heavy atom. The first-order chi connectivity index (χ1) is 15.3. The molecule has 8 heteroatoms. The lowest BCUT2D eigenvalue weighted by Gasteiger charge is -2.27. The molecule has 0 radical (unpaired) electrons. The Morgan fingerprint density at radius 3 is 2.42 bits per heavy atom. The van der Waals surface area contributed by atoms with Gasteiger partial charge in [-0.1, -0.05) is 42.8 Å². The molecule has 0 aliphatic carbocycles. The van der Waals surface area contributed by atoms with Gasteiger partial charge in [-0.15, -0.1) is 24.8 Å². The monoisotopic (exact) mass is 483 g/mol. The predicted octanol–water partition coefficient (Wildman–Crippen LogP) is 5.71. The summed E-state index contributed by atoms with van der Waals surface area (Å²) in [6.07, 6.45) is 3.79. The standard InChI is InChI=1S/C25H25N5O.2ClH/c31-25(26-21-10-12-23-24(16-21)28-29-27-23)19-9-11-22(18-7-3-1-4-8-18)20(15-19)17-30-13-5-2-6-14-30;;/h1,3-4,7-12,15-16H,2,5-6,13-14,17H2,(H,26,31)(H,27,28,29);2*1H. The Morgan fingerprint density at radius 1 is 0.879 bits per heavy atom. The van der Waals surface area contributed by atoms with E-state index < -0.39 is 0 Å². The van der Waals surface area contributed by atoms with Crippen molar-refractivity contribution in [2.75, 3.05) is 18.4 Å². The lowest BCUT2D eigenvalue weighted by Crippen LogP contribution is -2.29. The summed E-state index contributed by atoms with van der Waals surface area (Å²) in [4.78, 5) is 15.5. The second-order valence-electron chi connectivity index (χ2n) is 8.06. The van der Waals surface area contributed by atoms with Crippen LogP contribution in [0.15, 0.2) is 66.7 Å². The Labute approximate surface area is 205 Å². The van der Waals surface area contributed by atoms with Crippen LogP contribution in [0.1, 0.15) is 35.2 Å². The van der Waals surface area contributed by atoms with Gasteiger partial charge in [-0.25, -0.2) is 0 Å². The summed E-state index contributed by atoms with van der Waals surface area (Å²) in [5.74, 6) is -0.123. The number of amides is 1. The fraction of sp³-hybridized carbons (Fsp3) is 0.240. The maximum Gasteiger partial charge on any atom is 0.255 e. The normalized spacial score (nSPS) is 13.7. The molecule has 5 rings (SSSR count). The van der Waals surface area contributed by atoms with Crippen LogP contribution < -0.4 is 5.32 Å². The second-order valence-corrected chi connectivity index (χ2v) is 8.06. The van der Waals surface area contributed by atoms with Crippen LogP contribution in [0.3, 0.4) is 0 Å². The Kier molecular flexibility index (Phi) is 8.44. The molecular formula is C25H27Cl2N5O. The van der Waals surface area contributed by atoms with E-state index in [-0.39, 0.29) is 30.7 Å². The number of rotatable bonds is 5. The molecule has 4 aromatic rings. The zero-order valence-corrected chi connectivity index (χ0v) is 19.8. The maximum absolute atomic E-state index is 13.0. The van der Waals surface area contributed by atoms with Gasteiger partial charge >= 0.3 is 0 Å². The topological polar surface area (TPSA) is 73.9 Å². The van der Waals surface area contributed by atoms with E-state index in [1.54, 1.807) is 0 Å². The highest BCUT2D eigenvalue weighted by molar-refractivity contribution is 6.05. The third-order valence-corrected chi connectivity index (χ3v) is 5.87. The third kappa shape index (κ3) is 5.71. The molecule has 6 nitrogen and oxygen atoms in total. The fourth-order valence-corrected chi connectivity index (χ4v) is 4.24. The smallest absolute Gasteiger partial charge is 0.255 e. The molecule has 2 heterocycles. The van der Waals surface area contributed by atoms with E-state index in [1.165, 1.54) is 36.0 Å². The average molecular weight is 484 g/mol. The van der Waals surface area contributed by atoms with Crippen molar-refractivity contribution in [2.24, 2.45) is 0 Å². The number of likely N-dealkylation sites (tertiary alicyclic amines) is 1. The highest BCUT2D eigenvalue weighted by Crippen LogP contribution is 2.27. The van der Waals surface area contributed by atoms with Gasteiger partial charge in [0.1, 0.15) is 11.0 Å². The molecule has 2 N–H and O–H groups in total. The number of hydrogen-bond acceptors (Lipinski definition) is 4. The zero-order valence-electron chi connectivity index (χ0n) is 18.2. The van der Waals surface area contributed by atoms with Gasteiger partial charge in [0, 0.05) is 17.8 Å². The number of halogens is 2. The largest absolute Gasteiger partial charge is 0.322 e. The minimum absolute atomic E-state index is 0. The molecule has 1 saturated heterocycles. The van der Waals surface area contributed by atoms with Crippen LogP contribution in [0.5, 0.6) is 0 Å². The summed E-state index contributed by atoms with van der Waals surface area (Å²) in [5.41, 5.74) is 6.41. The van der Waals surface area contributed by atoms with Gasteiger partial charge in [-0.2, -0.15) is 15.4 Å². The molecule has 33 heavy (non-hydrogen) atoms.